The van der Waals surface area contributed by atoms with E-state index in [-0.39, 0.29) is 23.7 Å². The van der Waals surface area contributed by atoms with Crippen LogP contribution in [-0.2, 0) is 9.59 Å². The minimum Gasteiger partial charge on any atom is -0.481 e. The lowest BCUT2D eigenvalue weighted by Crippen LogP contribution is -2.47. The highest BCUT2D eigenvalue weighted by Crippen LogP contribution is 2.49. The van der Waals surface area contributed by atoms with Crippen LogP contribution in [0.2, 0.25) is 0 Å². The zero-order valence-corrected chi connectivity index (χ0v) is 12.7. The molecular formula is C17H25NO3. The van der Waals surface area contributed by atoms with E-state index < -0.39 is 11.9 Å². The van der Waals surface area contributed by atoms with Crippen molar-refractivity contribution >= 4 is 11.9 Å². The number of nitrogens with zero attached hydrogens (tertiary/aromatic N) is 1. The van der Waals surface area contributed by atoms with Crippen LogP contribution in [0.1, 0.15) is 45.4 Å². The second-order valence-corrected chi connectivity index (χ2v) is 6.78. The molecule has 0 aromatic heterocycles. The lowest BCUT2D eigenvalue weighted by atomic mass is 9.81. The third-order valence-corrected chi connectivity index (χ3v) is 5.66. The van der Waals surface area contributed by atoms with E-state index in [4.69, 9.17) is 0 Å². The molecule has 3 rings (SSSR count). The van der Waals surface area contributed by atoms with Gasteiger partial charge in [0.15, 0.2) is 0 Å². The molecule has 0 aromatic carbocycles. The van der Waals surface area contributed by atoms with E-state index in [1.807, 2.05) is 11.0 Å². The monoisotopic (exact) mass is 291 g/mol. The molecule has 1 aliphatic heterocycles. The van der Waals surface area contributed by atoms with Crippen molar-refractivity contribution < 1.29 is 14.7 Å². The molecule has 2 fully saturated rings. The van der Waals surface area contributed by atoms with Crippen molar-refractivity contribution in [2.24, 2.45) is 23.7 Å². The van der Waals surface area contributed by atoms with Crippen molar-refractivity contribution in [2.45, 2.75) is 51.5 Å². The van der Waals surface area contributed by atoms with Crippen LogP contribution in [0.5, 0.6) is 0 Å². The Balaban J connectivity index is 1.82. The minimum atomic E-state index is -0.798. The number of carboxylic acids is 1. The maximum absolute atomic E-state index is 13.1. The summed E-state index contributed by atoms with van der Waals surface area (Å²) in [5.74, 6) is -1.32. The Hall–Kier alpha value is -1.32. The molecule has 2 bridgehead atoms. The van der Waals surface area contributed by atoms with Gasteiger partial charge in [0, 0.05) is 12.6 Å². The zero-order valence-electron chi connectivity index (χ0n) is 12.7. The summed E-state index contributed by atoms with van der Waals surface area (Å²) in [5.41, 5.74) is 0. The molecule has 1 N–H and O–H groups in total. The van der Waals surface area contributed by atoms with E-state index in [0.717, 1.165) is 32.2 Å². The van der Waals surface area contributed by atoms with Gasteiger partial charge in [0.25, 0.3) is 0 Å². The second kappa shape index (κ2) is 5.82. The first-order valence-electron chi connectivity index (χ1n) is 8.35. The van der Waals surface area contributed by atoms with Gasteiger partial charge in [-0.3, -0.25) is 9.59 Å². The maximum Gasteiger partial charge on any atom is 0.307 e. The smallest absolute Gasteiger partial charge is 0.307 e. The van der Waals surface area contributed by atoms with Crippen LogP contribution in [0.3, 0.4) is 0 Å². The Kier molecular flexibility index (Phi) is 4.05. The van der Waals surface area contributed by atoms with Crippen molar-refractivity contribution in [3.63, 3.8) is 0 Å². The fourth-order valence-electron chi connectivity index (χ4n) is 4.58. The molecule has 21 heavy (non-hydrogen) atoms. The summed E-state index contributed by atoms with van der Waals surface area (Å²) in [7, 11) is 0. The highest BCUT2D eigenvalue weighted by atomic mass is 16.4. The molecule has 1 saturated carbocycles. The third kappa shape index (κ3) is 2.49. The number of carboxylic acid groups (broad SMARTS) is 1. The topological polar surface area (TPSA) is 57.6 Å². The van der Waals surface area contributed by atoms with Crippen LogP contribution < -0.4 is 0 Å². The quantitative estimate of drug-likeness (QED) is 0.813. The van der Waals surface area contributed by atoms with Crippen molar-refractivity contribution in [3.8, 4) is 0 Å². The van der Waals surface area contributed by atoms with Gasteiger partial charge in [-0.05, 0) is 37.5 Å². The van der Waals surface area contributed by atoms with E-state index in [1.54, 1.807) is 0 Å². The van der Waals surface area contributed by atoms with E-state index in [0.29, 0.717) is 6.04 Å². The molecular weight excluding hydrogens is 266 g/mol. The molecule has 4 heteroatoms. The van der Waals surface area contributed by atoms with Gasteiger partial charge in [-0.2, -0.15) is 0 Å². The fraction of sp³-hybridized carbons (Fsp3) is 0.765. The molecule has 1 saturated heterocycles. The average Bonchev–Trinajstić information content (AvgIpc) is 2.99. The number of amides is 1. The van der Waals surface area contributed by atoms with Gasteiger partial charge in [0.1, 0.15) is 0 Å². The number of hydrogen-bond donors (Lipinski definition) is 1. The summed E-state index contributed by atoms with van der Waals surface area (Å²) in [5, 5.41) is 9.53. The van der Waals surface area contributed by atoms with Crippen LogP contribution >= 0.6 is 0 Å². The van der Waals surface area contributed by atoms with E-state index in [1.165, 1.54) is 12.8 Å². The molecule has 0 radical (unpaired) electrons. The zero-order chi connectivity index (χ0) is 15.0. The Morgan fingerprint density at radius 1 is 1.14 bits per heavy atom. The third-order valence-electron chi connectivity index (χ3n) is 5.66. The number of carbonyl (C=O) groups is 2. The van der Waals surface area contributed by atoms with Gasteiger partial charge in [0.05, 0.1) is 11.8 Å². The normalized spacial score (nSPS) is 38.5. The molecule has 2 aliphatic carbocycles. The van der Waals surface area contributed by atoms with Gasteiger partial charge >= 0.3 is 5.97 Å². The summed E-state index contributed by atoms with van der Waals surface area (Å²) >= 11 is 0. The number of aliphatic carboxylic acids is 1. The Labute approximate surface area is 126 Å². The Morgan fingerprint density at radius 2 is 1.86 bits per heavy atom. The predicted molar refractivity (Wildman–Crippen MR) is 79.6 cm³/mol. The SMILES string of the molecule is CCC1CCCCCN1C(=O)[C@H]1C2C=CC(C2)[C@H]1C(=O)O. The number of fused-ring (bicyclic) bond motifs is 2. The summed E-state index contributed by atoms with van der Waals surface area (Å²) in [6.07, 6.45) is 10.4. The molecule has 116 valence electrons. The van der Waals surface area contributed by atoms with Crippen LogP contribution in [0.15, 0.2) is 12.2 Å². The van der Waals surface area contributed by atoms with Crippen LogP contribution in [0.4, 0.5) is 0 Å². The minimum absolute atomic E-state index is 0.0634. The van der Waals surface area contributed by atoms with Crippen molar-refractivity contribution in [1.29, 1.82) is 0 Å². The van der Waals surface area contributed by atoms with Crippen molar-refractivity contribution in [2.75, 3.05) is 6.54 Å². The van der Waals surface area contributed by atoms with E-state index in [2.05, 4.69) is 13.0 Å². The summed E-state index contributed by atoms with van der Waals surface area (Å²) < 4.78 is 0. The van der Waals surface area contributed by atoms with Gasteiger partial charge < -0.3 is 10.0 Å². The highest BCUT2D eigenvalue weighted by Gasteiger charge is 2.53. The molecule has 1 heterocycles. The van der Waals surface area contributed by atoms with Gasteiger partial charge in [0.2, 0.25) is 5.91 Å². The predicted octanol–water partition coefficient (Wildman–Crippen LogP) is 2.69. The van der Waals surface area contributed by atoms with Gasteiger partial charge in [-0.25, -0.2) is 0 Å². The molecule has 0 spiro atoms. The summed E-state index contributed by atoms with van der Waals surface area (Å²) in [4.78, 5) is 26.7. The first-order chi connectivity index (χ1) is 10.1. The van der Waals surface area contributed by atoms with Crippen molar-refractivity contribution in [1.82, 2.24) is 4.90 Å². The molecule has 3 aliphatic rings. The molecule has 3 unspecified atom stereocenters. The van der Waals surface area contributed by atoms with E-state index in [9.17, 15) is 14.7 Å². The number of rotatable bonds is 3. The lowest BCUT2D eigenvalue weighted by molar-refractivity contribution is -0.152. The summed E-state index contributed by atoms with van der Waals surface area (Å²) in [6.45, 7) is 2.94. The highest BCUT2D eigenvalue weighted by molar-refractivity contribution is 5.87. The average molecular weight is 291 g/mol. The largest absolute Gasteiger partial charge is 0.481 e. The number of likely N-dealkylation sites (tertiary alicyclic amines) is 1. The molecule has 4 nitrogen and oxygen atoms in total. The van der Waals surface area contributed by atoms with Gasteiger partial charge in [-0.15, -0.1) is 0 Å². The standard InChI is InChI=1S/C17H25NO3/c1-2-13-6-4-3-5-9-18(13)16(19)14-11-7-8-12(10-11)15(14)17(20)21/h7-8,11-15H,2-6,9-10H2,1H3,(H,20,21)/t11?,12?,13?,14-,15+/m0/s1. The first-order valence-corrected chi connectivity index (χ1v) is 8.35. The molecule has 5 atom stereocenters. The van der Waals surface area contributed by atoms with Crippen molar-refractivity contribution in [3.05, 3.63) is 12.2 Å². The maximum atomic E-state index is 13.1. The second-order valence-electron chi connectivity index (χ2n) is 6.78. The lowest BCUT2D eigenvalue weighted by Gasteiger charge is -2.35. The van der Waals surface area contributed by atoms with Crippen LogP contribution in [0, 0.1) is 23.7 Å². The van der Waals surface area contributed by atoms with E-state index >= 15 is 0 Å². The number of hydrogen-bond acceptors (Lipinski definition) is 2. The Morgan fingerprint density at radius 3 is 2.52 bits per heavy atom. The number of carbonyl (C=O) groups excluding carboxylic acids is 1. The molecule has 1 amide bonds. The van der Waals surface area contributed by atoms with Crippen LogP contribution in [0.25, 0.3) is 0 Å². The Bertz CT molecular complexity index is 459. The molecule has 0 aromatic rings. The van der Waals surface area contributed by atoms with Gasteiger partial charge in [-0.1, -0.05) is 31.9 Å². The number of allylic oxidation sites excluding steroid dienone is 2. The van der Waals surface area contributed by atoms with Crippen LogP contribution in [-0.4, -0.2) is 34.5 Å². The fourth-order valence-corrected chi connectivity index (χ4v) is 4.58. The first kappa shape index (κ1) is 14.6. The summed E-state index contributed by atoms with van der Waals surface area (Å²) in [6, 6.07) is 0.303.